The minimum Gasteiger partial charge on any atom is -0.454 e. The standard InChI is InChI=1S/C14H19NO2/c1-9-7-11-13(17-8-16-11)12(10(9)2)14(3)5-4-6-15-14/h7,15H,4-6,8H2,1-3H3. The van der Waals surface area contributed by atoms with Crippen molar-refractivity contribution >= 4 is 0 Å². The van der Waals surface area contributed by atoms with E-state index in [9.17, 15) is 0 Å². The van der Waals surface area contributed by atoms with Crippen LogP contribution in [0.25, 0.3) is 0 Å². The van der Waals surface area contributed by atoms with Crippen LogP contribution in [0.4, 0.5) is 0 Å². The molecule has 1 aromatic rings. The molecule has 0 aliphatic carbocycles. The molecule has 1 N–H and O–H groups in total. The number of rotatable bonds is 1. The van der Waals surface area contributed by atoms with Crippen LogP contribution in [-0.4, -0.2) is 13.3 Å². The molecule has 1 fully saturated rings. The number of hydrogen-bond acceptors (Lipinski definition) is 3. The predicted octanol–water partition coefficient (Wildman–Crippen LogP) is 2.63. The van der Waals surface area contributed by atoms with Crippen LogP contribution < -0.4 is 14.8 Å². The van der Waals surface area contributed by atoms with Crippen LogP contribution in [0, 0.1) is 13.8 Å². The predicted molar refractivity (Wildman–Crippen MR) is 66.6 cm³/mol. The zero-order valence-corrected chi connectivity index (χ0v) is 10.7. The summed E-state index contributed by atoms with van der Waals surface area (Å²) in [6.07, 6.45) is 2.38. The van der Waals surface area contributed by atoms with Crippen LogP contribution >= 0.6 is 0 Å². The molecular weight excluding hydrogens is 214 g/mol. The summed E-state index contributed by atoms with van der Waals surface area (Å²) in [5.41, 5.74) is 3.93. The lowest BCUT2D eigenvalue weighted by Crippen LogP contribution is -2.34. The Kier molecular flexibility index (Phi) is 2.33. The first-order valence-electron chi connectivity index (χ1n) is 6.27. The third-order valence-corrected chi connectivity index (χ3v) is 4.10. The zero-order chi connectivity index (χ0) is 12.0. The largest absolute Gasteiger partial charge is 0.454 e. The summed E-state index contributed by atoms with van der Waals surface area (Å²) in [6.45, 7) is 8.02. The number of benzene rings is 1. The quantitative estimate of drug-likeness (QED) is 0.809. The average molecular weight is 233 g/mol. The van der Waals surface area contributed by atoms with Gasteiger partial charge in [-0.1, -0.05) is 0 Å². The molecule has 1 saturated heterocycles. The Balaban J connectivity index is 2.21. The third kappa shape index (κ3) is 1.53. The Bertz CT molecular complexity index is 462. The second-order valence-corrected chi connectivity index (χ2v) is 5.29. The minimum absolute atomic E-state index is 0.0356. The van der Waals surface area contributed by atoms with Gasteiger partial charge >= 0.3 is 0 Å². The highest BCUT2D eigenvalue weighted by molar-refractivity contribution is 5.57. The van der Waals surface area contributed by atoms with E-state index in [0.717, 1.165) is 24.5 Å². The summed E-state index contributed by atoms with van der Waals surface area (Å²) in [5.74, 6) is 1.85. The summed E-state index contributed by atoms with van der Waals surface area (Å²) < 4.78 is 11.2. The van der Waals surface area contributed by atoms with Gasteiger partial charge in [-0.2, -0.15) is 0 Å². The van der Waals surface area contributed by atoms with E-state index in [0.29, 0.717) is 6.79 Å². The molecule has 3 heteroatoms. The third-order valence-electron chi connectivity index (χ3n) is 4.10. The Morgan fingerprint density at radius 3 is 2.82 bits per heavy atom. The second-order valence-electron chi connectivity index (χ2n) is 5.29. The zero-order valence-electron chi connectivity index (χ0n) is 10.7. The molecule has 0 amide bonds. The van der Waals surface area contributed by atoms with Crippen LogP contribution in [0.1, 0.15) is 36.5 Å². The Morgan fingerprint density at radius 2 is 2.12 bits per heavy atom. The highest BCUT2D eigenvalue weighted by Crippen LogP contribution is 2.46. The first-order chi connectivity index (χ1) is 8.12. The topological polar surface area (TPSA) is 30.5 Å². The number of aryl methyl sites for hydroxylation is 1. The summed E-state index contributed by atoms with van der Waals surface area (Å²) in [7, 11) is 0. The van der Waals surface area contributed by atoms with Gasteiger partial charge < -0.3 is 14.8 Å². The van der Waals surface area contributed by atoms with Crippen LogP contribution in [0.5, 0.6) is 11.5 Å². The van der Waals surface area contributed by atoms with E-state index in [4.69, 9.17) is 9.47 Å². The van der Waals surface area contributed by atoms with Gasteiger partial charge in [0.2, 0.25) is 6.79 Å². The van der Waals surface area contributed by atoms with Gasteiger partial charge in [0.1, 0.15) is 0 Å². The van der Waals surface area contributed by atoms with E-state index >= 15 is 0 Å². The normalized spacial score (nSPS) is 26.5. The van der Waals surface area contributed by atoms with Gasteiger partial charge in [0, 0.05) is 11.1 Å². The molecular formula is C14H19NO2. The number of ether oxygens (including phenoxy) is 2. The minimum atomic E-state index is 0.0356. The van der Waals surface area contributed by atoms with Crippen molar-refractivity contribution in [3.63, 3.8) is 0 Å². The monoisotopic (exact) mass is 233 g/mol. The van der Waals surface area contributed by atoms with Gasteiger partial charge in [-0.05, 0) is 57.4 Å². The molecule has 2 aliphatic rings. The van der Waals surface area contributed by atoms with Gasteiger partial charge in [0.25, 0.3) is 0 Å². The van der Waals surface area contributed by atoms with Crippen molar-refractivity contribution in [2.24, 2.45) is 0 Å². The number of hydrogen-bond donors (Lipinski definition) is 1. The first-order valence-corrected chi connectivity index (χ1v) is 6.27. The van der Waals surface area contributed by atoms with E-state index in [2.05, 4.69) is 32.2 Å². The second kappa shape index (κ2) is 3.64. The van der Waals surface area contributed by atoms with Crippen LogP contribution in [0.2, 0.25) is 0 Å². The summed E-state index contributed by atoms with van der Waals surface area (Å²) in [6, 6.07) is 2.08. The lowest BCUT2D eigenvalue weighted by molar-refractivity contribution is 0.171. The summed E-state index contributed by atoms with van der Waals surface area (Å²) >= 11 is 0. The van der Waals surface area contributed by atoms with Crippen LogP contribution in [0.3, 0.4) is 0 Å². The first kappa shape index (κ1) is 10.9. The molecule has 0 spiro atoms. The maximum atomic E-state index is 5.68. The molecule has 3 rings (SSSR count). The highest BCUT2D eigenvalue weighted by atomic mass is 16.7. The Labute approximate surface area is 102 Å². The summed E-state index contributed by atoms with van der Waals surface area (Å²) in [5, 5.41) is 3.61. The van der Waals surface area contributed by atoms with Gasteiger partial charge in [0.05, 0.1) is 0 Å². The molecule has 92 valence electrons. The van der Waals surface area contributed by atoms with Crippen molar-refractivity contribution in [3.05, 3.63) is 22.8 Å². The number of nitrogens with one attached hydrogen (secondary N) is 1. The van der Waals surface area contributed by atoms with Crippen LogP contribution in [0.15, 0.2) is 6.07 Å². The van der Waals surface area contributed by atoms with Crippen LogP contribution in [-0.2, 0) is 5.54 Å². The lowest BCUT2D eigenvalue weighted by atomic mass is 9.84. The Morgan fingerprint density at radius 1 is 1.29 bits per heavy atom. The molecule has 3 nitrogen and oxygen atoms in total. The molecule has 0 saturated carbocycles. The molecule has 0 bridgehead atoms. The van der Waals surface area contributed by atoms with Gasteiger partial charge in [-0.3, -0.25) is 0 Å². The summed E-state index contributed by atoms with van der Waals surface area (Å²) in [4.78, 5) is 0. The molecule has 0 aromatic heterocycles. The van der Waals surface area contributed by atoms with E-state index in [1.807, 2.05) is 0 Å². The van der Waals surface area contributed by atoms with Gasteiger partial charge in [0.15, 0.2) is 11.5 Å². The fraction of sp³-hybridized carbons (Fsp3) is 0.571. The van der Waals surface area contributed by atoms with Crippen molar-refractivity contribution in [1.29, 1.82) is 0 Å². The smallest absolute Gasteiger partial charge is 0.231 e. The lowest BCUT2D eigenvalue weighted by Gasteiger charge is -2.29. The molecule has 17 heavy (non-hydrogen) atoms. The Hall–Kier alpha value is -1.22. The maximum absolute atomic E-state index is 5.68. The highest BCUT2D eigenvalue weighted by Gasteiger charge is 2.37. The molecule has 2 aliphatic heterocycles. The molecule has 1 atom stereocenters. The van der Waals surface area contributed by atoms with E-state index in [1.54, 1.807) is 0 Å². The fourth-order valence-corrected chi connectivity index (χ4v) is 3.04. The molecule has 1 unspecified atom stereocenters. The van der Waals surface area contributed by atoms with Crippen molar-refractivity contribution < 1.29 is 9.47 Å². The van der Waals surface area contributed by atoms with E-state index in [-0.39, 0.29) is 5.54 Å². The molecule has 0 radical (unpaired) electrons. The van der Waals surface area contributed by atoms with Gasteiger partial charge in [-0.25, -0.2) is 0 Å². The fourth-order valence-electron chi connectivity index (χ4n) is 3.04. The van der Waals surface area contributed by atoms with Crippen molar-refractivity contribution in [2.75, 3.05) is 13.3 Å². The maximum Gasteiger partial charge on any atom is 0.231 e. The SMILES string of the molecule is Cc1cc2c(c(C3(C)CCCN3)c1C)OCO2. The van der Waals surface area contributed by atoms with Crippen molar-refractivity contribution in [2.45, 2.75) is 39.2 Å². The van der Waals surface area contributed by atoms with E-state index < -0.39 is 0 Å². The van der Waals surface area contributed by atoms with Gasteiger partial charge in [-0.15, -0.1) is 0 Å². The number of fused-ring (bicyclic) bond motifs is 1. The average Bonchev–Trinajstić information content (AvgIpc) is 2.89. The van der Waals surface area contributed by atoms with Crippen molar-refractivity contribution in [1.82, 2.24) is 5.32 Å². The van der Waals surface area contributed by atoms with Crippen molar-refractivity contribution in [3.8, 4) is 11.5 Å². The molecule has 1 aromatic carbocycles. The molecule has 2 heterocycles. The van der Waals surface area contributed by atoms with E-state index in [1.165, 1.54) is 23.1 Å².